The molecule has 1 aromatic rings. The van der Waals surface area contributed by atoms with Gasteiger partial charge < -0.3 is 18.9 Å². The number of amides is 1. The van der Waals surface area contributed by atoms with Gasteiger partial charge in [0, 0.05) is 26.7 Å². The molecule has 0 aliphatic carbocycles. The minimum atomic E-state index is -0.661. The lowest BCUT2D eigenvalue weighted by Crippen LogP contribution is -2.54. The summed E-state index contributed by atoms with van der Waals surface area (Å²) >= 11 is 0. The van der Waals surface area contributed by atoms with Gasteiger partial charge in [-0.25, -0.2) is 0 Å². The Labute approximate surface area is 128 Å². The molecule has 1 spiro atoms. The predicted molar refractivity (Wildman–Crippen MR) is 75.4 cm³/mol. The maximum absolute atomic E-state index is 12.6. The van der Waals surface area contributed by atoms with Crippen LogP contribution in [0.25, 0.3) is 0 Å². The molecule has 3 heterocycles. The van der Waals surface area contributed by atoms with Crippen LogP contribution in [0.5, 0.6) is 0 Å². The molecule has 2 fully saturated rings. The molecule has 0 N–H and O–H groups in total. The largest absolute Gasteiger partial charge is 0.380 e. The van der Waals surface area contributed by atoms with Gasteiger partial charge >= 0.3 is 0 Å². The second-order valence-corrected chi connectivity index (χ2v) is 5.85. The molecule has 2 saturated heterocycles. The monoisotopic (exact) mass is 308 g/mol. The lowest BCUT2D eigenvalue weighted by molar-refractivity contribution is -0.144. The van der Waals surface area contributed by atoms with E-state index >= 15 is 0 Å². The first kappa shape index (κ1) is 15.2. The third-order valence-corrected chi connectivity index (χ3v) is 4.49. The molecule has 0 aromatic carbocycles. The van der Waals surface area contributed by atoms with Gasteiger partial charge in [-0.1, -0.05) is 5.16 Å². The van der Waals surface area contributed by atoms with Gasteiger partial charge in [-0.3, -0.25) is 9.59 Å². The van der Waals surface area contributed by atoms with E-state index in [9.17, 15) is 9.59 Å². The molecule has 7 nitrogen and oxygen atoms in total. The summed E-state index contributed by atoms with van der Waals surface area (Å²) in [4.78, 5) is 26.5. The number of aromatic nitrogens is 1. The average Bonchev–Trinajstić information content (AvgIpc) is 3.11. The van der Waals surface area contributed by atoms with Crippen LogP contribution in [-0.4, -0.2) is 54.2 Å². The highest BCUT2D eigenvalue weighted by atomic mass is 16.5. The second-order valence-electron chi connectivity index (χ2n) is 5.85. The summed E-state index contributed by atoms with van der Waals surface area (Å²) in [6.45, 7) is 3.17. The van der Waals surface area contributed by atoms with Crippen molar-refractivity contribution in [3.63, 3.8) is 0 Å². The molecular weight excluding hydrogens is 288 g/mol. The van der Waals surface area contributed by atoms with E-state index in [1.54, 1.807) is 14.0 Å². The lowest BCUT2D eigenvalue weighted by Gasteiger charge is -2.36. The Balaban J connectivity index is 1.75. The summed E-state index contributed by atoms with van der Waals surface area (Å²) in [5.41, 5.74) is 0.207. The van der Waals surface area contributed by atoms with Gasteiger partial charge in [-0.15, -0.1) is 0 Å². The van der Waals surface area contributed by atoms with E-state index in [0.717, 1.165) is 12.8 Å². The zero-order valence-corrected chi connectivity index (χ0v) is 12.9. The summed E-state index contributed by atoms with van der Waals surface area (Å²) in [5.74, 6) is 0.257. The van der Waals surface area contributed by atoms with Crippen LogP contribution in [0.4, 0.5) is 0 Å². The minimum absolute atomic E-state index is 0.0156. The Morgan fingerprint density at radius 2 is 2.27 bits per heavy atom. The number of Topliss-reactive ketones (excluding diaryl/α,β-unsaturated/α-hetero) is 1. The van der Waals surface area contributed by atoms with Crippen molar-refractivity contribution in [3.05, 3.63) is 17.0 Å². The molecule has 2 aliphatic heterocycles. The van der Waals surface area contributed by atoms with Gasteiger partial charge in [-0.2, -0.15) is 0 Å². The molecule has 3 rings (SSSR count). The summed E-state index contributed by atoms with van der Waals surface area (Å²) in [6, 6.07) is 0. The van der Waals surface area contributed by atoms with Crippen LogP contribution in [-0.2, 0) is 20.9 Å². The zero-order valence-electron chi connectivity index (χ0n) is 12.9. The number of hydrogen-bond donors (Lipinski definition) is 0. The lowest BCUT2D eigenvalue weighted by atomic mass is 9.87. The van der Waals surface area contributed by atoms with Crippen molar-refractivity contribution >= 4 is 11.7 Å². The number of piperidine rings is 1. The highest BCUT2D eigenvalue weighted by Crippen LogP contribution is 2.33. The van der Waals surface area contributed by atoms with Gasteiger partial charge in [-0.05, 0) is 19.8 Å². The molecule has 7 heteroatoms. The second kappa shape index (κ2) is 5.81. The molecule has 0 unspecified atom stereocenters. The highest BCUT2D eigenvalue weighted by Gasteiger charge is 2.46. The smallest absolute Gasteiger partial charge is 0.276 e. The maximum Gasteiger partial charge on any atom is 0.276 e. The van der Waals surface area contributed by atoms with Crippen LogP contribution in [0, 0.1) is 6.92 Å². The Kier molecular flexibility index (Phi) is 4.01. The van der Waals surface area contributed by atoms with E-state index in [2.05, 4.69) is 5.16 Å². The highest BCUT2D eigenvalue weighted by molar-refractivity contribution is 5.99. The van der Waals surface area contributed by atoms with Crippen molar-refractivity contribution in [1.29, 1.82) is 0 Å². The summed E-state index contributed by atoms with van der Waals surface area (Å²) in [7, 11) is 1.55. The van der Waals surface area contributed by atoms with E-state index in [1.807, 2.05) is 0 Å². The van der Waals surface area contributed by atoms with Crippen molar-refractivity contribution in [1.82, 2.24) is 10.1 Å². The molecule has 0 bridgehead atoms. The van der Waals surface area contributed by atoms with E-state index in [0.29, 0.717) is 30.9 Å². The van der Waals surface area contributed by atoms with E-state index in [4.69, 9.17) is 14.0 Å². The van der Waals surface area contributed by atoms with E-state index in [-0.39, 0.29) is 30.5 Å². The maximum atomic E-state index is 12.6. The van der Waals surface area contributed by atoms with Crippen molar-refractivity contribution in [2.45, 2.75) is 38.4 Å². The van der Waals surface area contributed by atoms with E-state index in [1.165, 1.54) is 4.90 Å². The first-order valence-electron chi connectivity index (χ1n) is 7.48. The first-order chi connectivity index (χ1) is 10.6. The molecule has 120 valence electrons. The first-order valence-corrected chi connectivity index (χ1v) is 7.48. The third kappa shape index (κ3) is 2.44. The van der Waals surface area contributed by atoms with Crippen LogP contribution in [0.3, 0.4) is 0 Å². The Bertz CT molecular complexity index is 589. The van der Waals surface area contributed by atoms with Gasteiger partial charge in [0.1, 0.15) is 11.4 Å². The number of likely N-dealkylation sites (tertiary alicyclic amines) is 1. The molecular formula is C15H20N2O5. The van der Waals surface area contributed by atoms with Gasteiger partial charge in [0.15, 0.2) is 11.5 Å². The van der Waals surface area contributed by atoms with Crippen LogP contribution >= 0.6 is 0 Å². The summed E-state index contributed by atoms with van der Waals surface area (Å²) in [6.07, 6.45) is 2.21. The predicted octanol–water partition coefficient (Wildman–Crippen LogP) is 1.09. The van der Waals surface area contributed by atoms with Crippen LogP contribution in [0.2, 0.25) is 0 Å². The van der Waals surface area contributed by atoms with Crippen LogP contribution in [0.15, 0.2) is 4.52 Å². The van der Waals surface area contributed by atoms with Crippen molar-refractivity contribution < 1.29 is 23.6 Å². The summed E-state index contributed by atoms with van der Waals surface area (Å²) < 4.78 is 15.8. The summed E-state index contributed by atoms with van der Waals surface area (Å²) in [5, 5.41) is 3.83. The number of nitrogens with zero attached hydrogens (tertiary/aromatic N) is 2. The topological polar surface area (TPSA) is 81.9 Å². The van der Waals surface area contributed by atoms with Crippen molar-refractivity contribution in [2.24, 2.45) is 0 Å². The number of carbonyl (C=O) groups is 2. The number of carbonyl (C=O) groups excluding carboxylic acids is 2. The fourth-order valence-electron chi connectivity index (χ4n) is 3.16. The number of ether oxygens (including phenoxy) is 2. The molecule has 1 atom stereocenters. The van der Waals surface area contributed by atoms with Crippen molar-refractivity contribution in [3.8, 4) is 0 Å². The fraction of sp³-hybridized carbons (Fsp3) is 0.667. The van der Waals surface area contributed by atoms with Crippen molar-refractivity contribution in [2.75, 3.05) is 26.8 Å². The van der Waals surface area contributed by atoms with Crippen LogP contribution < -0.4 is 0 Å². The quantitative estimate of drug-likeness (QED) is 0.831. The van der Waals surface area contributed by atoms with Crippen LogP contribution in [0.1, 0.15) is 41.1 Å². The number of rotatable bonds is 3. The zero-order chi connectivity index (χ0) is 15.7. The Morgan fingerprint density at radius 3 is 2.91 bits per heavy atom. The molecule has 1 amide bonds. The van der Waals surface area contributed by atoms with Gasteiger partial charge in [0.25, 0.3) is 5.91 Å². The van der Waals surface area contributed by atoms with Gasteiger partial charge in [0.05, 0.1) is 18.7 Å². The number of aryl methyl sites for hydroxylation is 1. The Morgan fingerprint density at radius 1 is 1.45 bits per heavy atom. The molecule has 0 saturated carbocycles. The number of hydrogen-bond acceptors (Lipinski definition) is 6. The minimum Gasteiger partial charge on any atom is -0.380 e. The fourth-order valence-corrected chi connectivity index (χ4v) is 3.16. The standard InChI is InChI=1S/C15H20N2O5/c1-10-11(9-20-2)13(16-22-10)14(19)17-6-5-15(12(18)8-17)4-3-7-21-15/h3-9H2,1-2H3/t15-/m0/s1. The molecule has 22 heavy (non-hydrogen) atoms. The molecule has 1 aromatic heterocycles. The van der Waals surface area contributed by atoms with Gasteiger partial charge in [0.2, 0.25) is 0 Å². The Hall–Kier alpha value is -1.73. The molecule has 2 aliphatic rings. The third-order valence-electron chi connectivity index (χ3n) is 4.49. The SMILES string of the molecule is COCc1c(C(=O)N2CC[C@@]3(CCCO3)C(=O)C2)noc1C. The molecule has 0 radical (unpaired) electrons. The number of methoxy groups -OCH3 is 1. The van der Waals surface area contributed by atoms with E-state index < -0.39 is 5.60 Å². The number of ketones is 1. The average molecular weight is 308 g/mol. The normalized spacial score (nSPS) is 25.2.